The third kappa shape index (κ3) is 3.19. The standard InChI is InChI=1S/C28H16N4O3S/c33-26-25(36-28-29-21-11-5-6-12-23(21)32(26)28)15-22-20(16-31(30-22)18-9-2-1-3-10-18)19-14-17-8-4-7-13-24(17)35-27(19)34/h1-16H/b25-15+. The van der Waals surface area contributed by atoms with Gasteiger partial charge < -0.3 is 4.42 Å². The molecule has 0 spiro atoms. The number of para-hydroxylation sites is 4. The Labute approximate surface area is 206 Å². The smallest absolute Gasteiger partial charge is 0.344 e. The Hall–Kier alpha value is -4.82. The van der Waals surface area contributed by atoms with Crippen molar-refractivity contribution in [3.8, 4) is 16.8 Å². The van der Waals surface area contributed by atoms with Gasteiger partial charge in [0.1, 0.15) is 5.58 Å². The second-order valence-corrected chi connectivity index (χ2v) is 9.34. The molecule has 172 valence electrons. The minimum atomic E-state index is -0.467. The fraction of sp³-hybridized carbons (Fsp3) is 0. The average Bonchev–Trinajstić information content (AvgIpc) is 3.57. The molecule has 0 unspecified atom stereocenters. The molecular weight excluding hydrogens is 472 g/mol. The topological polar surface area (TPSA) is 82.4 Å². The van der Waals surface area contributed by atoms with Crippen molar-refractivity contribution < 1.29 is 4.42 Å². The molecule has 0 aliphatic rings. The summed E-state index contributed by atoms with van der Waals surface area (Å²) in [6.45, 7) is 0. The molecule has 7 nitrogen and oxygen atoms in total. The highest BCUT2D eigenvalue weighted by Gasteiger charge is 2.17. The number of hydrogen-bond acceptors (Lipinski definition) is 6. The van der Waals surface area contributed by atoms with E-state index in [4.69, 9.17) is 9.52 Å². The molecule has 7 aromatic rings. The lowest BCUT2D eigenvalue weighted by molar-refractivity contribution is 0.563. The molecule has 36 heavy (non-hydrogen) atoms. The zero-order valence-corrected chi connectivity index (χ0v) is 19.5. The third-order valence-electron chi connectivity index (χ3n) is 6.11. The van der Waals surface area contributed by atoms with Crippen LogP contribution in [-0.4, -0.2) is 19.2 Å². The van der Waals surface area contributed by atoms with Gasteiger partial charge in [0, 0.05) is 17.1 Å². The summed E-state index contributed by atoms with van der Waals surface area (Å²) in [6, 6.07) is 26.3. The van der Waals surface area contributed by atoms with Crippen LogP contribution >= 0.6 is 11.3 Å². The first-order valence-electron chi connectivity index (χ1n) is 11.3. The highest BCUT2D eigenvalue weighted by Crippen LogP contribution is 2.26. The normalized spacial score (nSPS) is 12.3. The van der Waals surface area contributed by atoms with Gasteiger partial charge in [0.2, 0.25) is 0 Å². The number of thiazole rings is 1. The molecule has 4 aromatic heterocycles. The zero-order valence-electron chi connectivity index (χ0n) is 18.7. The first-order valence-corrected chi connectivity index (χ1v) is 12.1. The van der Waals surface area contributed by atoms with Gasteiger partial charge in [-0.15, -0.1) is 0 Å². The van der Waals surface area contributed by atoms with Gasteiger partial charge >= 0.3 is 5.63 Å². The first-order chi connectivity index (χ1) is 17.7. The van der Waals surface area contributed by atoms with Crippen LogP contribution in [0.1, 0.15) is 5.69 Å². The molecule has 7 rings (SSSR count). The Bertz CT molecular complexity index is 2100. The number of nitrogens with zero attached hydrogens (tertiary/aromatic N) is 4. The molecule has 0 fully saturated rings. The first kappa shape index (κ1) is 20.5. The SMILES string of the molecule is O=c1oc2ccccc2cc1-c1cn(-c2ccccc2)nc1/C=c1/sc2nc3ccccc3n2c1=O. The van der Waals surface area contributed by atoms with Gasteiger partial charge in [0.15, 0.2) is 4.96 Å². The summed E-state index contributed by atoms with van der Waals surface area (Å²) in [4.78, 5) is 31.6. The summed E-state index contributed by atoms with van der Waals surface area (Å²) in [7, 11) is 0. The Morgan fingerprint density at radius 3 is 2.53 bits per heavy atom. The molecule has 0 saturated carbocycles. The van der Waals surface area contributed by atoms with Crippen LogP contribution in [0.25, 0.3) is 49.9 Å². The van der Waals surface area contributed by atoms with Gasteiger partial charge in [0.25, 0.3) is 5.56 Å². The predicted octanol–water partition coefficient (Wildman–Crippen LogP) is 4.42. The Balaban J connectivity index is 1.50. The zero-order chi connectivity index (χ0) is 24.2. The monoisotopic (exact) mass is 488 g/mol. The molecule has 4 heterocycles. The summed E-state index contributed by atoms with van der Waals surface area (Å²) >= 11 is 1.29. The van der Waals surface area contributed by atoms with E-state index in [1.807, 2.05) is 72.8 Å². The summed E-state index contributed by atoms with van der Waals surface area (Å²) < 4.78 is 9.39. The Morgan fingerprint density at radius 1 is 0.861 bits per heavy atom. The van der Waals surface area contributed by atoms with Crippen molar-refractivity contribution >= 4 is 44.4 Å². The highest BCUT2D eigenvalue weighted by atomic mass is 32.1. The van der Waals surface area contributed by atoms with Crippen LogP contribution in [0.3, 0.4) is 0 Å². The van der Waals surface area contributed by atoms with Crippen LogP contribution in [0, 0.1) is 0 Å². The van der Waals surface area contributed by atoms with Crippen LogP contribution in [0.4, 0.5) is 0 Å². The van der Waals surface area contributed by atoms with Crippen molar-refractivity contribution in [2.75, 3.05) is 0 Å². The van der Waals surface area contributed by atoms with Crippen molar-refractivity contribution in [1.82, 2.24) is 19.2 Å². The number of fused-ring (bicyclic) bond motifs is 4. The van der Waals surface area contributed by atoms with Crippen molar-refractivity contribution in [2.24, 2.45) is 0 Å². The third-order valence-corrected chi connectivity index (χ3v) is 7.08. The molecular formula is C28H16N4O3S. The van der Waals surface area contributed by atoms with Crippen molar-refractivity contribution in [2.45, 2.75) is 0 Å². The van der Waals surface area contributed by atoms with Crippen molar-refractivity contribution in [3.05, 3.63) is 122 Å². The fourth-order valence-corrected chi connectivity index (χ4v) is 5.36. The molecule has 3 aromatic carbocycles. The van der Waals surface area contributed by atoms with Crippen LogP contribution in [0.2, 0.25) is 0 Å². The summed E-state index contributed by atoms with van der Waals surface area (Å²) in [6.07, 6.45) is 3.51. The van der Waals surface area contributed by atoms with E-state index in [2.05, 4.69) is 4.98 Å². The number of imidazole rings is 1. The van der Waals surface area contributed by atoms with E-state index in [0.717, 1.165) is 22.1 Å². The maximum atomic E-state index is 13.4. The fourth-order valence-electron chi connectivity index (χ4n) is 4.40. The number of benzene rings is 3. The summed E-state index contributed by atoms with van der Waals surface area (Å²) in [5, 5.41) is 5.55. The number of hydrogen-bond donors (Lipinski definition) is 0. The van der Waals surface area contributed by atoms with Crippen LogP contribution in [-0.2, 0) is 0 Å². The van der Waals surface area contributed by atoms with Gasteiger partial charge in [-0.3, -0.25) is 4.79 Å². The quantitative estimate of drug-likeness (QED) is 0.344. The minimum Gasteiger partial charge on any atom is -0.422 e. The van der Waals surface area contributed by atoms with Crippen LogP contribution in [0.5, 0.6) is 0 Å². The van der Waals surface area contributed by atoms with Gasteiger partial charge in [-0.1, -0.05) is 59.9 Å². The summed E-state index contributed by atoms with van der Waals surface area (Å²) in [5.41, 5.74) is 3.69. The van der Waals surface area contributed by atoms with E-state index in [9.17, 15) is 9.59 Å². The van der Waals surface area contributed by atoms with E-state index in [1.54, 1.807) is 33.5 Å². The largest absolute Gasteiger partial charge is 0.422 e. The molecule has 0 saturated heterocycles. The minimum absolute atomic E-state index is 0.172. The van der Waals surface area contributed by atoms with E-state index in [1.165, 1.54) is 11.3 Å². The van der Waals surface area contributed by atoms with E-state index in [0.29, 0.717) is 31.9 Å². The predicted molar refractivity (Wildman–Crippen MR) is 141 cm³/mol. The molecule has 0 radical (unpaired) electrons. The van der Waals surface area contributed by atoms with Gasteiger partial charge in [-0.2, -0.15) is 5.10 Å². The lowest BCUT2D eigenvalue weighted by Crippen LogP contribution is -2.22. The molecule has 0 bridgehead atoms. The van der Waals surface area contributed by atoms with E-state index >= 15 is 0 Å². The van der Waals surface area contributed by atoms with Crippen molar-refractivity contribution in [3.63, 3.8) is 0 Å². The van der Waals surface area contributed by atoms with Crippen LogP contribution < -0.4 is 15.7 Å². The van der Waals surface area contributed by atoms with E-state index in [-0.39, 0.29) is 5.56 Å². The van der Waals surface area contributed by atoms with Gasteiger partial charge in [0.05, 0.1) is 32.5 Å². The molecule has 0 amide bonds. The summed E-state index contributed by atoms with van der Waals surface area (Å²) in [5.74, 6) is 0. The number of aromatic nitrogens is 4. The lowest BCUT2D eigenvalue weighted by atomic mass is 10.1. The Kier molecular flexibility index (Phi) is 4.49. The second-order valence-electron chi connectivity index (χ2n) is 8.33. The molecule has 0 atom stereocenters. The second kappa shape index (κ2) is 7.86. The van der Waals surface area contributed by atoms with Crippen LogP contribution in [0.15, 0.2) is 105 Å². The highest BCUT2D eigenvalue weighted by molar-refractivity contribution is 7.15. The molecule has 0 N–H and O–H groups in total. The van der Waals surface area contributed by atoms with Gasteiger partial charge in [-0.05, 0) is 42.5 Å². The lowest BCUT2D eigenvalue weighted by Gasteiger charge is -2.01. The maximum absolute atomic E-state index is 13.4. The average molecular weight is 489 g/mol. The maximum Gasteiger partial charge on any atom is 0.344 e. The number of rotatable bonds is 3. The molecule has 0 aliphatic carbocycles. The molecule has 0 aliphatic heterocycles. The van der Waals surface area contributed by atoms with E-state index < -0.39 is 5.63 Å². The molecule has 8 heteroatoms. The Morgan fingerprint density at radius 2 is 1.64 bits per heavy atom. The van der Waals surface area contributed by atoms with Gasteiger partial charge in [-0.25, -0.2) is 18.9 Å². The van der Waals surface area contributed by atoms with Crippen molar-refractivity contribution in [1.29, 1.82) is 0 Å².